The molecule has 0 aromatic carbocycles. The van der Waals surface area contributed by atoms with E-state index in [1.165, 1.54) is 5.57 Å². The third-order valence-electron chi connectivity index (χ3n) is 5.40. The van der Waals surface area contributed by atoms with Gasteiger partial charge in [0.05, 0.1) is 17.3 Å². The summed E-state index contributed by atoms with van der Waals surface area (Å²) in [6, 6.07) is 0. The van der Waals surface area contributed by atoms with E-state index in [0.717, 1.165) is 19.3 Å². The maximum absolute atomic E-state index is 10.7. The Bertz CT molecular complexity index is 369. The molecule has 0 aromatic rings. The molecule has 2 fully saturated rings. The number of rotatable bonds is 1. The van der Waals surface area contributed by atoms with E-state index in [2.05, 4.69) is 26.8 Å². The highest BCUT2D eigenvalue weighted by Crippen LogP contribution is 2.61. The highest BCUT2D eigenvalue weighted by molar-refractivity contribution is 5.26. The van der Waals surface area contributed by atoms with Gasteiger partial charge in [0.2, 0.25) is 0 Å². The topological polar surface area (TPSA) is 32.8 Å². The van der Waals surface area contributed by atoms with Crippen LogP contribution in [0.5, 0.6) is 0 Å². The summed E-state index contributed by atoms with van der Waals surface area (Å²) in [4.78, 5) is 0. The molecule has 0 bridgehead atoms. The Labute approximate surface area is 104 Å². The normalized spacial score (nSPS) is 52.8. The van der Waals surface area contributed by atoms with E-state index in [-0.39, 0.29) is 5.60 Å². The molecule has 0 radical (unpaired) electrons. The first-order valence-corrected chi connectivity index (χ1v) is 6.95. The fourth-order valence-corrected chi connectivity index (χ4v) is 3.92. The highest BCUT2D eigenvalue weighted by Gasteiger charge is 2.67. The van der Waals surface area contributed by atoms with Gasteiger partial charge >= 0.3 is 0 Å². The smallest absolute Gasteiger partial charge is 0.0986 e. The third kappa shape index (κ3) is 1.61. The SMILES string of the molecule is CC(C)C1=C[C@H]2[C@@H](C[C@H]3O[C@]32C)[C@](C)(O)CC1. The van der Waals surface area contributed by atoms with Gasteiger partial charge in [-0.25, -0.2) is 0 Å². The van der Waals surface area contributed by atoms with E-state index in [0.29, 0.717) is 23.9 Å². The van der Waals surface area contributed by atoms with Crippen molar-refractivity contribution in [1.82, 2.24) is 0 Å². The Morgan fingerprint density at radius 2 is 2.12 bits per heavy atom. The summed E-state index contributed by atoms with van der Waals surface area (Å²) in [7, 11) is 0. The van der Waals surface area contributed by atoms with E-state index in [4.69, 9.17) is 4.74 Å². The van der Waals surface area contributed by atoms with Gasteiger partial charge in [-0.3, -0.25) is 0 Å². The molecule has 2 nitrogen and oxygen atoms in total. The van der Waals surface area contributed by atoms with Gasteiger partial charge < -0.3 is 9.84 Å². The van der Waals surface area contributed by atoms with Crippen LogP contribution >= 0.6 is 0 Å². The fourth-order valence-electron chi connectivity index (χ4n) is 3.92. The second-order valence-corrected chi connectivity index (χ2v) is 6.91. The predicted molar refractivity (Wildman–Crippen MR) is 67.7 cm³/mol. The van der Waals surface area contributed by atoms with Crippen LogP contribution in [0.25, 0.3) is 0 Å². The average molecular weight is 236 g/mol. The zero-order valence-corrected chi connectivity index (χ0v) is 11.4. The minimum Gasteiger partial charge on any atom is -0.390 e. The van der Waals surface area contributed by atoms with Crippen LogP contribution in [0.2, 0.25) is 0 Å². The highest BCUT2D eigenvalue weighted by atomic mass is 16.6. The minimum absolute atomic E-state index is 0.0269. The van der Waals surface area contributed by atoms with Crippen LogP contribution < -0.4 is 0 Å². The second-order valence-electron chi connectivity index (χ2n) is 6.91. The summed E-state index contributed by atoms with van der Waals surface area (Å²) in [5, 5.41) is 10.7. The van der Waals surface area contributed by atoms with E-state index in [1.807, 2.05) is 6.92 Å². The fraction of sp³-hybridized carbons (Fsp3) is 0.867. The maximum atomic E-state index is 10.7. The lowest BCUT2D eigenvalue weighted by molar-refractivity contribution is -0.0373. The summed E-state index contributed by atoms with van der Waals surface area (Å²) < 4.78 is 5.83. The molecule has 0 aromatic heterocycles. The standard InChI is InChI=1S/C15H24O2/c1-9(2)10-5-6-14(3,16)11-8-13-15(4,17-13)12(11)7-10/h7,9,11-13,16H,5-6,8H2,1-4H3/t11-,12+,13-,14-,15+/m1/s1. The van der Waals surface area contributed by atoms with Crippen molar-refractivity contribution in [2.24, 2.45) is 17.8 Å². The first-order chi connectivity index (χ1) is 7.84. The van der Waals surface area contributed by atoms with Crippen LogP contribution in [0.1, 0.15) is 47.0 Å². The Morgan fingerprint density at radius 1 is 1.41 bits per heavy atom. The van der Waals surface area contributed by atoms with Gasteiger partial charge in [0.25, 0.3) is 0 Å². The summed E-state index contributed by atoms with van der Waals surface area (Å²) in [5.74, 6) is 1.40. The van der Waals surface area contributed by atoms with Crippen molar-refractivity contribution in [3.05, 3.63) is 11.6 Å². The van der Waals surface area contributed by atoms with Gasteiger partial charge in [0.15, 0.2) is 0 Å². The van der Waals surface area contributed by atoms with Crippen molar-refractivity contribution in [2.45, 2.75) is 64.3 Å². The Balaban J connectivity index is 1.97. The molecular formula is C15H24O2. The van der Waals surface area contributed by atoms with Gasteiger partial charge in [-0.05, 0) is 44.9 Å². The monoisotopic (exact) mass is 236 g/mol. The molecule has 2 heteroatoms. The lowest BCUT2D eigenvalue weighted by Crippen LogP contribution is -2.38. The molecule has 5 atom stereocenters. The molecular weight excluding hydrogens is 212 g/mol. The molecule has 0 unspecified atom stereocenters. The first kappa shape index (κ1) is 11.7. The lowest BCUT2D eigenvalue weighted by atomic mass is 9.78. The second kappa shape index (κ2) is 3.36. The van der Waals surface area contributed by atoms with E-state index in [1.54, 1.807) is 0 Å². The number of ether oxygens (including phenoxy) is 1. The zero-order chi connectivity index (χ0) is 12.4. The zero-order valence-electron chi connectivity index (χ0n) is 11.4. The molecule has 3 aliphatic rings. The molecule has 1 N–H and O–H groups in total. The number of aliphatic hydroxyl groups is 1. The summed E-state index contributed by atoms with van der Waals surface area (Å²) in [5.41, 5.74) is 1.02. The summed E-state index contributed by atoms with van der Waals surface area (Å²) in [6.45, 7) is 8.75. The van der Waals surface area contributed by atoms with Gasteiger partial charge in [-0.2, -0.15) is 0 Å². The third-order valence-corrected chi connectivity index (χ3v) is 5.40. The van der Waals surface area contributed by atoms with E-state index < -0.39 is 5.60 Å². The van der Waals surface area contributed by atoms with Crippen molar-refractivity contribution >= 4 is 0 Å². The molecule has 0 amide bonds. The Hall–Kier alpha value is -0.340. The molecule has 1 aliphatic heterocycles. The number of epoxide rings is 1. The molecule has 1 saturated carbocycles. The van der Waals surface area contributed by atoms with Crippen LogP contribution in [-0.4, -0.2) is 22.4 Å². The molecule has 17 heavy (non-hydrogen) atoms. The van der Waals surface area contributed by atoms with Crippen LogP contribution in [-0.2, 0) is 4.74 Å². The quantitative estimate of drug-likeness (QED) is 0.561. The number of hydrogen-bond donors (Lipinski definition) is 1. The largest absolute Gasteiger partial charge is 0.390 e. The summed E-state index contributed by atoms with van der Waals surface area (Å²) >= 11 is 0. The van der Waals surface area contributed by atoms with Crippen molar-refractivity contribution in [1.29, 1.82) is 0 Å². The average Bonchev–Trinajstić information content (AvgIpc) is 2.82. The van der Waals surface area contributed by atoms with Gasteiger partial charge in [0, 0.05) is 5.92 Å². The first-order valence-electron chi connectivity index (χ1n) is 6.95. The van der Waals surface area contributed by atoms with Gasteiger partial charge in [-0.1, -0.05) is 25.5 Å². The molecule has 1 saturated heterocycles. The van der Waals surface area contributed by atoms with Crippen LogP contribution in [0.15, 0.2) is 11.6 Å². The molecule has 0 spiro atoms. The molecule has 2 aliphatic carbocycles. The maximum Gasteiger partial charge on any atom is 0.0986 e. The number of allylic oxidation sites excluding steroid dienone is 1. The van der Waals surface area contributed by atoms with Crippen LogP contribution in [0.3, 0.4) is 0 Å². The molecule has 1 heterocycles. The Kier molecular flexibility index (Phi) is 2.32. The predicted octanol–water partition coefficient (Wildman–Crippen LogP) is 2.91. The van der Waals surface area contributed by atoms with Crippen molar-refractivity contribution < 1.29 is 9.84 Å². The van der Waals surface area contributed by atoms with Crippen molar-refractivity contribution in [3.63, 3.8) is 0 Å². The molecule has 96 valence electrons. The minimum atomic E-state index is -0.516. The lowest BCUT2D eigenvalue weighted by Gasteiger charge is -2.34. The van der Waals surface area contributed by atoms with Crippen molar-refractivity contribution in [2.75, 3.05) is 0 Å². The van der Waals surface area contributed by atoms with Gasteiger partial charge in [-0.15, -0.1) is 0 Å². The van der Waals surface area contributed by atoms with Crippen LogP contribution in [0.4, 0.5) is 0 Å². The van der Waals surface area contributed by atoms with E-state index >= 15 is 0 Å². The Morgan fingerprint density at radius 3 is 2.76 bits per heavy atom. The van der Waals surface area contributed by atoms with Gasteiger partial charge in [0.1, 0.15) is 0 Å². The number of hydrogen-bond acceptors (Lipinski definition) is 2. The summed E-state index contributed by atoms with van der Waals surface area (Å²) in [6.07, 6.45) is 5.81. The number of fused-ring (bicyclic) bond motifs is 3. The molecule has 3 rings (SSSR count). The van der Waals surface area contributed by atoms with Crippen molar-refractivity contribution in [3.8, 4) is 0 Å². The van der Waals surface area contributed by atoms with Crippen LogP contribution in [0, 0.1) is 17.8 Å². The van der Waals surface area contributed by atoms with E-state index in [9.17, 15) is 5.11 Å².